The van der Waals surface area contributed by atoms with E-state index in [0.29, 0.717) is 18.0 Å². The maximum Gasteiger partial charge on any atom is 0.243 e. The van der Waals surface area contributed by atoms with E-state index in [9.17, 15) is 8.42 Å². The Balaban J connectivity index is 2.22. The van der Waals surface area contributed by atoms with E-state index in [1.54, 1.807) is 18.2 Å². The van der Waals surface area contributed by atoms with E-state index in [-0.39, 0.29) is 5.54 Å². The average Bonchev–Trinajstić information content (AvgIpc) is 2.24. The fourth-order valence-corrected chi connectivity index (χ4v) is 3.71. The van der Waals surface area contributed by atoms with Crippen LogP contribution in [-0.4, -0.2) is 31.4 Å². The first-order chi connectivity index (χ1) is 7.87. The van der Waals surface area contributed by atoms with Gasteiger partial charge in [-0.05, 0) is 31.0 Å². The molecular formula is C12H18N2O2S. The van der Waals surface area contributed by atoms with Crippen LogP contribution in [0.15, 0.2) is 29.2 Å². The molecule has 1 fully saturated rings. The molecule has 1 aromatic carbocycles. The number of sulfonamides is 1. The topological polar surface area (TPSA) is 63.4 Å². The molecule has 0 aliphatic carbocycles. The van der Waals surface area contributed by atoms with Crippen LogP contribution in [0.25, 0.3) is 0 Å². The van der Waals surface area contributed by atoms with Crippen LogP contribution in [-0.2, 0) is 10.0 Å². The van der Waals surface area contributed by atoms with Gasteiger partial charge in [0, 0.05) is 18.6 Å². The van der Waals surface area contributed by atoms with Gasteiger partial charge in [-0.15, -0.1) is 0 Å². The third-order valence-corrected chi connectivity index (χ3v) is 5.10. The largest absolute Gasteiger partial charge is 0.323 e. The first-order valence-corrected chi connectivity index (χ1v) is 7.17. The monoisotopic (exact) mass is 254 g/mol. The first kappa shape index (κ1) is 12.5. The van der Waals surface area contributed by atoms with E-state index in [1.807, 2.05) is 19.9 Å². The van der Waals surface area contributed by atoms with Crippen molar-refractivity contribution in [1.29, 1.82) is 0 Å². The van der Waals surface area contributed by atoms with Crippen molar-refractivity contribution in [2.45, 2.75) is 30.7 Å². The van der Waals surface area contributed by atoms with Gasteiger partial charge < -0.3 is 5.73 Å². The summed E-state index contributed by atoms with van der Waals surface area (Å²) in [4.78, 5) is 0.357. The van der Waals surface area contributed by atoms with Crippen molar-refractivity contribution in [1.82, 2.24) is 4.31 Å². The highest BCUT2D eigenvalue weighted by atomic mass is 32.2. The number of nitrogens with two attached hydrogens (primary N) is 1. The number of hydrogen-bond donors (Lipinski definition) is 1. The maximum atomic E-state index is 12.2. The van der Waals surface area contributed by atoms with E-state index in [1.165, 1.54) is 4.31 Å². The molecule has 1 aliphatic rings. The summed E-state index contributed by atoms with van der Waals surface area (Å²) in [5.74, 6) is 0. The number of aryl methyl sites for hydroxylation is 1. The minimum atomic E-state index is -3.35. The molecule has 1 aliphatic heterocycles. The molecule has 5 heteroatoms. The summed E-state index contributed by atoms with van der Waals surface area (Å²) in [6.45, 7) is 4.70. The van der Waals surface area contributed by atoms with Crippen molar-refractivity contribution in [3.63, 3.8) is 0 Å². The SMILES string of the molecule is CCC1(N)CN(S(=O)(=O)c2cccc(C)c2)C1. The molecule has 0 unspecified atom stereocenters. The van der Waals surface area contributed by atoms with E-state index < -0.39 is 10.0 Å². The van der Waals surface area contributed by atoms with Crippen LogP contribution in [0, 0.1) is 6.92 Å². The third kappa shape index (κ3) is 2.22. The standard InChI is InChI=1S/C12H18N2O2S/c1-3-12(13)8-14(9-12)17(15,16)11-6-4-5-10(2)7-11/h4-7H,3,8-9,13H2,1-2H3. The fourth-order valence-electron chi connectivity index (χ4n) is 1.97. The second-order valence-electron chi connectivity index (χ2n) is 4.81. The van der Waals surface area contributed by atoms with E-state index in [2.05, 4.69) is 0 Å². The second-order valence-corrected chi connectivity index (χ2v) is 6.74. The van der Waals surface area contributed by atoms with Gasteiger partial charge in [0.2, 0.25) is 10.0 Å². The van der Waals surface area contributed by atoms with Crippen LogP contribution in [0.2, 0.25) is 0 Å². The molecule has 4 nitrogen and oxygen atoms in total. The van der Waals surface area contributed by atoms with Crippen LogP contribution in [0.5, 0.6) is 0 Å². The number of benzene rings is 1. The Morgan fingerprint density at radius 1 is 1.41 bits per heavy atom. The highest BCUT2D eigenvalue weighted by molar-refractivity contribution is 7.89. The van der Waals surface area contributed by atoms with Gasteiger partial charge in [0.15, 0.2) is 0 Å². The summed E-state index contributed by atoms with van der Waals surface area (Å²) in [6.07, 6.45) is 0.798. The molecule has 0 aromatic heterocycles. The Morgan fingerprint density at radius 2 is 2.06 bits per heavy atom. The lowest BCUT2D eigenvalue weighted by Gasteiger charge is -2.46. The summed E-state index contributed by atoms with van der Waals surface area (Å²) in [7, 11) is -3.35. The minimum Gasteiger partial charge on any atom is -0.323 e. The summed E-state index contributed by atoms with van der Waals surface area (Å²) in [5.41, 5.74) is 6.60. The van der Waals surface area contributed by atoms with Gasteiger partial charge in [-0.25, -0.2) is 8.42 Å². The molecule has 0 radical (unpaired) electrons. The first-order valence-electron chi connectivity index (χ1n) is 5.73. The minimum absolute atomic E-state index is 0.336. The molecule has 0 bridgehead atoms. The zero-order valence-corrected chi connectivity index (χ0v) is 11.0. The lowest BCUT2D eigenvalue weighted by Crippen LogP contribution is -2.68. The lowest BCUT2D eigenvalue weighted by atomic mass is 9.91. The molecule has 0 spiro atoms. The van der Waals surface area contributed by atoms with Crippen molar-refractivity contribution in [3.05, 3.63) is 29.8 Å². The Labute approximate surface area is 102 Å². The van der Waals surface area contributed by atoms with Crippen molar-refractivity contribution in [3.8, 4) is 0 Å². The molecule has 1 aromatic rings. The van der Waals surface area contributed by atoms with Crippen LogP contribution >= 0.6 is 0 Å². The van der Waals surface area contributed by atoms with Crippen LogP contribution in [0.3, 0.4) is 0 Å². The fraction of sp³-hybridized carbons (Fsp3) is 0.500. The van der Waals surface area contributed by atoms with Crippen molar-refractivity contribution in [2.75, 3.05) is 13.1 Å². The van der Waals surface area contributed by atoms with Gasteiger partial charge in [-0.1, -0.05) is 19.1 Å². The number of nitrogens with zero attached hydrogens (tertiary/aromatic N) is 1. The Morgan fingerprint density at radius 3 is 2.59 bits per heavy atom. The molecule has 1 heterocycles. The van der Waals surface area contributed by atoms with Crippen LogP contribution in [0.1, 0.15) is 18.9 Å². The van der Waals surface area contributed by atoms with E-state index in [0.717, 1.165) is 12.0 Å². The number of rotatable bonds is 3. The van der Waals surface area contributed by atoms with Crippen molar-refractivity contribution in [2.24, 2.45) is 5.73 Å². The van der Waals surface area contributed by atoms with Crippen molar-refractivity contribution >= 4 is 10.0 Å². The molecule has 2 rings (SSSR count). The molecule has 0 amide bonds. The third-order valence-electron chi connectivity index (χ3n) is 3.31. The van der Waals surface area contributed by atoms with Gasteiger partial charge >= 0.3 is 0 Å². The quantitative estimate of drug-likeness (QED) is 0.878. The Hall–Kier alpha value is -0.910. The van der Waals surface area contributed by atoms with Gasteiger partial charge in [0.05, 0.1) is 4.90 Å². The molecular weight excluding hydrogens is 236 g/mol. The highest BCUT2D eigenvalue weighted by Gasteiger charge is 2.44. The Bertz CT molecular complexity index is 519. The summed E-state index contributed by atoms with van der Waals surface area (Å²) >= 11 is 0. The zero-order valence-electron chi connectivity index (χ0n) is 10.2. The average molecular weight is 254 g/mol. The van der Waals surface area contributed by atoms with Gasteiger partial charge in [-0.2, -0.15) is 4.31 Å². The summed E-state index contributed by atoms with van der Waals surface area (Å²) in [6, 6.07) is 6.97. The normalized spacial score (nSPS) is 19.9. The second kappa shape index (κ2) is 4.08. The zero-order chi connectivity index (χ0) is 12.7. The Kier molecular flexibility index (Phi) is 3.01. The van der Waals surface area contributed by atoms with E-state index >= 15 is 0 Å². The van der Waals surface area contributed by atoms with Crippen molar-refractivity contribution < 1.29 is 8.42 Å². The lowest BCUT2D eigenvalue weighted by molar-refractivity contribution is 0.153. The maximum absolute atomic E-state index is 12.2. The molecule has 0 saturated carbocycles. The number of hydrogen-bond acceptors (Lipinski definition) is 3. The molecule has 94 valence electrons. The van der Waals surface area contributed by atoms with Crippen LogP contribution in [0.4, 0.5) is 0 Å². The predicted molar refractivity (Wildman–Crippen MR) is 67.1 cm³/mol. The molecule has 17 heavy (non-hydrogen) atoms. The predicted octanol–water partition coefficient (Wildman–Crippen LogP) is 1.11. The van der Waals surface area contributed by atoms with Crippen LogP contribution < -0.4 is 5.73 Å². The molecule has 1 saturated heterocycles. The summed E-state index contributed by atoms with van der Waals surface area (Å²) < 4.78 is 25.9. The van der Waals surface area contributed by atoms with Gasteiger partial charge in [-0.3, -0.25) is 0 Å². The summed E-state index contributed by atoms with van der Waals surface area (Å²) in [5, 5.41) is 0. The smallest absolute Gasteiger partial charge is 0.243 e. The van der Waals surface area contributed by atoms with Gasteiger partial charge in [0.1, 0.15) is 0 Å². The molecule has 0 atom stereocenters. The van der Waals surface area contributed by atoms with E-state index in [4.69, 9.17) is 5.73 Å². The highest BCUT2D eigenvalue weighted by Crippen LogP contribution is 2.28. The molecule has 2 N–H and O–H groups in total. The van der Waals surface area contributed by atoms with Gasteiger partial charge in [0.25, 0.3) is 0 Å².